The number of hydrogen-bond donors (Lipinski definition) is 2. The van der Waals surface area contributed by atoms with Crippen LogP contribution in [-0.2, 0) is 10.1 Å². The fourth-order valence-electron chi connectivity index (χ4n) is 1.82. The fourth-order valence-corrected chi connectivity index (χ4v) is 2.34. The maximum atomic E-state index is 11.1. The lowest BCUT2D eigenvalue weighted by molar-refractivity contribution is -0.392. The van der Waals surface area contributed by atoms with E-state index in [2.05, 4.69) is 5.32 Å². The third kappa shape index (κ3) is 3.59. The lowest BCUT2D eigenvalue weighted by Crippen LogP contribution is -2.06. The maximum absolute atomic E-state index is 11.1. The van der Waals surface area contributed by atoms with E-state index in [-0.39, 0.29) is 0 Å². The van der Waals surface area contributed by atoms with Gasteiger partial charge < -0.3 is 5.32 Å². The highest BCUT2D eigenvalue weighted by Crippen LogP contribution is 2.38. The second-order valence-electron chi connectivity index (χ2n) is 4.32. The number of hydrogen-bond acceptors (Lipinski definition) is 7. The molecular formula is C12H9N3O7S. The second kappa shape index (κ2) is 5.98. The Hall–Kier alpha value is -3.05. The van der Waals surface area contributed by atoms with Gasteiger partial charge in [0.05, 0.1) is 9.85 Å². The highest BCUT2D eigenvalue weighted by atomic mass is 32.2. The zero-order chi connectivity index (χ0) is 17.2. The summed E-state index contributed by atoms with van der Waals surface area (Å²) in [4.78, 5) is 19.4. The Balaban J connectivity index is 2.72. The molecule has 0 aliphatic heterocycles. The van der Waals surface area contributed by atoms with Crippen molar-refractivity contribution in [3.05, 3.63) is 62.7 Å². The van der Waals surface area contributed by atoms with Crippen LogP contribution in [0.5, 0.6) is 0 Å². The summed E-state index contributed by atoms with van der Waals surface area (Å²) in [7, 11) is -4.84. The van der Waals surface area contributed by atoms with Crippen molar-refractivity contribution in [1.29, 1.82) is 0 Å². The van der Waals surface area contributed by atoms with E-state index in [1.165, 1.54) is 12.1 Å². The molecule has 0 spiro atoms. The molecule has 0 amide bonds. The predicted octanol–water partition coefficient (Wildman–Crippen LogP) is 2.49. The van der Waals surface area contributed by atoms with E-state index in [0.717, 1.165) is 0 Å². The Labute approximate surface area is 129 Å². The van der Waals surface area contributed by atoms with E-state index in [4.69, 9.17) is 4.55 Å². The molecule has 2 aromatic carbocycles. The molecular weight excluding hydrogens is 330 g/mol. The van der Waals surface area contributed by atoms with E-state index in [0.29, 0.717) is 17.8 Å². The quantitative estimate of drug-likeness (QED) is 0.478. The topological polar surface area (TPSA) is 153 Å². The van der Waals surface area contributed by atoms with Crippen LogP contribution in [0, 0.1) is 20.2 Å². The highest BCUT2D eigenvalue weighted by molar-refractivity contribution is 7.85. The minimum absolute atomic E-state index is 0.332. The third-order valence-corrected chi connectivity index (χ3v) is 3.64. The molecule has 0 atom stereocenters. The summed E-state index contributed by atoms with van der Waals surface area (Å²) in [6.07, 6.45) is 0. The van der Waals surface area contributed by atoms with E-state index in [1.54, 1.807) is 18.2 Å². The first-order chi connectivity index (χ1) is 10.7. The molecule has 0 radical (unpaired) electrons. The molecule has 0 aliphatic carbocycles. The van der Waals surface area contributed by atoms with Crippen molar-refractivity contribution in [3.63, 3.8) is 0 Å². The number of anilines is 2. The highest BCUT2D eigenvalue weighted by Gasteiger charge is 2.30. The van der Waals surface area contributed by atoms with Crippen molar-refractivity contribution >= 4 is 32.9 Å². The number of para-hydroxylation sites is 1. The van der Waals surface area contributed by atoms with Crippen molar-refractivity contribution in [2.45, 2.75) is 4.90 Å². The summed E-state index contributed by atoms with van der Waals surface area (Å²) < 4.78 is 31.3. The first-order valence-electron chi connectivity index (χ1n) is 5.96. The van der Waals surface area contributed by atoms with Crippen LogP contribution in [0.15, 0.2) is 47.4 Å². The fraction of sp³-hybridized carbons (Fsp3) is 0. The van der Waals surface area contributed by atoms with Crippen LogP contribution in [0.2, 0.25) is 0 Å². The van der Waals surface area contributed by atoms with Gasteiger partial charge in [-0.1, -0.05) is 18.2 Å². The number of nitro groups is 2. The minimum Gasteiger partial charge on any atom is -0.344 e. The summed E-state index contributed by atoms with van der Waals surface area (Å²) in [5.41, 5.74) is -1.86. The average molecular weight is 339 g/mol. The van der Waals surface area contributed by atoms with Gasteiger partial charge >= 0.3 is 11.4 Å². The molecule has 0 aromatic heterocycles. The molecule has 2 rings (SSSR count). The average Bonchev–Trinajstić information content (AvgIpc) is 2.46. The molecule has 11 heteroatoms. The van der Waals surface area contributed by atoms with E-state index in [1.807, 2.05) is 0 Å². The van der Waals surface area contributed by atoms with Crippen LogP contribution < -0.4 is 5.32 Å². The predicted molar refractivity (Wildman–Crippen MR) is 79.3 cm³/mol. The van der Waals surface area contributed by atoms with E-state index < -0.39 is 41.9 Å². The number of benzene rings is 2. The summed E-state index contributed by atoms with van der Waals surface area (Å²) in [5, 5.41) is 24.8. The molecule has 0 unspecified atom stereocenters. The van der Waals surface area contributed by atoms with E-state index >= 15 is 0 Å². The number of rotatable bonds is 5. The van der Waals surface area contributed by atoms with Gasteiger partial charge in [0.25, 0.3) is 10.1 Å². The zero-order valence-electron chi connectivity index (χ0n) is 11.2. The van der Waals surface area contributed by atoms with Crippen molar-refractivity contribution < 1.29 is 22.8 Å². The van der Waals surface area contributed by atoms with Gasteiger partial charge in [-0.2, -0.15) is 8.42 Å². The van der Waals surface area contributed by atoms with Crippen molar-refractivity contribution in [1.82, 2.24) is 0 Å². The van der Waals surface area contributed by atoms with Gasteiger partial charge in [-0.25, -0.2) is 0 Å². The third-order valence-electron chi connectivity index (χ3n) is 2.80. The first-order valence-corrected chi connectivity index (χ1v) is 7.40. The molecule has 2 aromatic rings. The van der Waals surface area contributed by atoms with Crippen LogP contribution in [0.25, 0.3) is 0 Å². The molecule has 0 saturated carbocycles. The van der Waals surface area contributed by atoms with Gasteiger partial charge in [-0.15, -0.1) is 0 Å². The lowest BCUT2D eigenvalue weighted by atomic mass is 10.2. The molecule has 0 fully saturated rings. The van der Waals surface area contributed by atoms with Gasteiger partial charge in [0.1, 0.15) is 4.90 Å². The van der Waals surface area contributed by atoms with Gasteiger partial charge in [0, 0.05) is 17.8 Å². The molecule has 0 aliphatic rings. The monoisotopic (exact) mass is 339 g/mol. The Morgan fingerprint density at radius 3 is 1.83 bits per heavy atom. The van der Waals surface area contributed by atoms with Crippen molar-refractivity contribution in [2.75, 3.05) is 5.32 Å². The molecule has 0 heterocycles. The number of nitrogens with one attached hydrogen (secondary N) is 1. The van der Waals surface area contributed by atoms with Crippen LogP contribution in [-0.4, -0.2) is 22.8 Å². The van der Waals surface area contributed by atoms with Crippen LogP contribution >= 0.6 is 0 Å². The standard InChI is InChI=1S/C12H9N3O7S/c16-14(17)10-6-9(23(20,21)22)7-11(15(18)19)12(10)13-8-4-2-1-3-5-8/h1-7,13H,(H,20,21,22). The largest absolute Gasteiger partial charge is 0.344 e. The molecule has 120 valence electrons. The number of nitrogens with zero attached hydrogens (tertiary/aromatic N) is 2. The van der Waals surface area contributed by atoms with Gasteiger partial charge in [0.2, 0.25) is 0 Å². The molecule has 2 N–H and O–H groups in total. The Kier molecular flexibility index (Phi) is 4.24. The normalized spacial score (nSPS) is 11.0. The van der Waals surface area contributed by atoms with Crippen molar-refractivity contribution in [3.8, 4) is 0 Å². The summed E-state index contributed by atoms with van der Waals surface area (Å²) in [5.74, 6) is 0. The summed E-state index contributed by atoms with van der Waals surface area (Å²) >= 11 is 0. The molecule has 0 saturated heterocycles. The Bertz CT molecular complexity index is 846. The van der Waals surface area contributed by atoms with Gasteiger partial charge in [-0.3, -0.25) is 24.8 Å². The Morgan fingerprint density at radius 2 is 1.43 bits per heavy atom. The number of nitro benzene ring substituents is 2. The molecule has 23 heavy (non-hydrogen) atoms. The maximum Gasteiger partial charge on any atom is 0.301 e. The van der Waals surface area contributed by atoms with Gasteiger partial charge in [0.15, 0.2) is 5.69 Å². The van der Waals surface area contributed by atoms with Crippen molar-refractivity contribution in [2.24, 2.45) is 0 Å². The summed E-state index contributed by atoms with van der Waals surface area (Å²) in [6.45, 7) is 0. The zero-order valence-corrected chi connectivity index (χ0v) is 12.1. The minimum atomic E-state index is -4.84. The molecule has 10 nitrogen and oxygen atoms in total. The second-order valence-corrected chi connectivity index (χ2v) is 5.74. The van der Waals surface area contributed by atoms with Gasteiger partial charge in [-0.05, 0) is 12.1 Å². The Morgan fingerprint density at radius 1 is 0.957 bits per heavy atom. The van der Waals surface area contributed by atoms with Crippen LogP contribution in [0.1, 0.15) is 0 Å². The van der Waals surface area contributed by atoms with E-state index in [9.17, 15) is 28.6 Å². The summed E-state index contributed by atoms with van der Waals surface area (Å²) in [6, 6.07) is 9.02. The lowest BCUT2D eigenvalue weighted by Gasteiger charge is -2.09. The van der Waals surface area contributed by atoms with Crippen LogP contribution in [0.3, 0.4) is 0 Å². The smallest absolute Gasteiger partial charge is 0.301 e. The first kappa shape index (κ1) is 16.3. The molecule has 0 bridgehead atoms. The SMILES string of the molecule is O=[N+]([O-])c1cc(S(=O)(=O)O)cc([N+](=O)[O-])c1Nc1ccccc1. The van der Waals surface area contributed by atoms with Crippen LogP contribution in [0.4, 0.5) is 22.7 Å².